The number of methoxy groups -OCH3 is 1. The van der Waals surface area contributed by atoms with Gasteiger partial charge in [-0.1, -0.05) is 13.8 Å². The topological polar surface area (TPSA) is 133 Å². The van der Waals surface area contributed by atoms with Crippen molar-refractivity contribution >= 4 is 29.1 Å². The number of allylic oxidation sites excluding steroid dienone is 11. The van der Waals surface area contributed by atoms with Crippen LogP contribution in [0, 0.1) is 11.8 Å². The summed E-state index contributed by atoms with van der Waals surface area (Å²) in [5, 5.41) is 24.9. The van der Waals surface area contributed by atoms with Crippen LogP contribution in [-0.4, -0.2) is 46.4 Å². The molecule has 0 saturated carbocycles. The lowest BCUT2D eigenvalue weighted by Gasteiger charge is -2.17. The van der Waals surface area contributed by atoms with Gasteiger partial charge in [0, 0.05) is 47.2 Å². The van der Waals surface area contributed by atoms with E-state index in [1.807, 2.05) is 26.0 Å². The molecule has 0 spiro atoms. The highest BCUT2D eigenvalue weighted by molar-refractivity contribution is 6.22. The van der Waals surface area contributed by atoms with Crippen LogP contribution < -0.4 is 5.32 Å². The van der Waals surface area contributed by atoms with Gasteiger partial charge in [0.25, 0.3) is 0 Å². The smallest absolute Gasteiger partial charge is 0.338 e. The Kier molecular flexibility index (Phi) is 6.63. The summed E-state index contributed by atoms with van der Waals surface area (Å²) in [6.45, 7) is 9.88. The minimum Gasteiger partial charge on any atom is -0.511 e. The van der Waals surface area contributed by atoms with Crippen molar-refractivity contribution in [3.05, 3.63) is 91.5 Å². The quantitative estimate of drug-likeness (QED) is 0.366. The Morgan fingerprint density at radius 3 is 2.43 bits per heavy atom. The largest absolute Gasteiger partial charge is 0.511 e. The molecule has 1 unspecified atom stereocenters. The Bertz CT molecular complexity index is 1730. The number of carboxylic acid groups (broad SMARTS) is 1. The molecule has 5 aliphatic heterocycles. The second-order valence-corrected chi connectivity index (χ2v) is 11.4. The fourth-order valence-corrected chi connectivity index (χ4v) is 6.75. The van der Waals surface area contributed by atoms with E-state index in [1.54, 1.807) is 13.0 Å². The minimum absolute atomic E-state index is 0.0360. The van der Waals surface area contributed by atoms with Crippen molar-refractivity contribution < 1.29 is 24.5 Å². The van der Waals surface area contributed by atoms with E-state index < -0.39 is 5.97 Å². The summed E-state index contributed by atoms with van der Waals surface area (Å²) in [6, 6.07) is 0. The maximum absolute atomic E-state index is 12.4. The monoisotopic (exact) mass is 566 g/mol. The average Bonchev–Trinajstić information content (AvgIpc) is 3.70. The van der Waals surface area contributed by atoms with E-state index in [-0.39, 0.29) is 35.6 Å². The lowest BCUT2D eigenvalue weighted by molar-refractivity contribution is -0.141. The molecule has 216 valence electrons. The number of aliphatic hydroxyl groups is 1. The number of nitrogens with one attached hydrogen (secondary N) is 1. The summed E-state index contributed by atoms with van der Waals surface area (Å²) in [4.78, 5) is 39.3. The molecule has 8 bridgehead atoms. The van der Waals surface area contributed by atoms with Gasteiger partial charge in [0.1, 0.15) is 5.76 Å². The Balaban J connectivity index is 1.61. The summed E-state index contributed by atoms with van der Waals surface area (Å²) in [7, 11) is 1.38. The number of ether oxygens (including phenoxy) is 1. The third-order valence-electron chi connectivity index (χ3n) is 9.15. The Morgan fingerprint density at radius 2 is 1.74 bits per heavy atom. The molecule has 0 amide bonds. The lowest BCUT2D eigenvalue weighted by Crippen LogP contribution is -2.16. The number of carboxylic acids is 1. The number of hydrogen-bond donors (Lipinski definition) is 3. The molecule has 9 heteroatoms. The number of fused-ring (bicyclic) bond motifs is 5. The van der Waals surface area contributed by atoms with Crippen molar-refractivity contribution in [3.63, 3.8) is 0 Å². The maximum atomic E-state index is 12.4. The molecular weight excluding hydrogens is 532 g/mol. The van der Waals surface area contributed by atoms with Crippen LogP contribution in [0.3, 0.4) is 0 Å². The molecule has 0 aromatic carbocycles. The molecule has 5 heterocycles. The maximum Gasteiger partial charge on any atom is 0.338 e. The lowest BCUT2D eigenvalue weighted by atomic mass is 9.86. The standard InChI is InChI=1S/C33H34N4O5/c1-7-18-14(2)21-13-26-29(33(40)41)16(4)23(35-26)11-22-15(3)19(8-9-28(39)42-6)31(36-22)20-10-27(38)30-17(5)24(37-32(20)30)12-25(18)34-21/h11-13,15,19,36,38H,7-10H2,1-6H3,(H,40,41)/t15-,19?/m0/s1. The molecule has 9 nitrogen and oxygen atoms in total. The van der Waals surface area contributed by atoms with Crippen LogP contribution >= 0.6 is 0 Å². The average molecular weight is 567 g/mol. The molecule has 2 atom stereocenters. The van der Waals surface area contributed by atoms with E-state index in [0.29, 0.717) is 35.5 Å². The van der Waals surface area contributed by atoms with Crippen LogP contribution in [0.15, 0.2) is 106 Å². The number of rotatable bonds is 5. The van der Waals surface area contributed by atoms with Crippen LogP contribution in [0.1, 0.15) is 60.3 Å². The van der Waals surface area contributed by atoms with E-state index in [9.17, 15) is 19.8 Å². The first-order valence-corrected chi connectivity index (χ1v) is 14.3. The number of nitrogens with zero attached hydrogens (tertiary/aromatic N) is 3. The minimum atomic E-state index is -1.04. The highest BCUT2D eigenvalue weighted by atomic mass is 16.5. The van der Waals surface area contributed by atoms with Gasteiger partial charge in [0.15, 0.2) is 0 Å². The van der Waals surface area contributed by atoms with Gasteiger partial charge < -0.3 is 20.3 Å². The molecule has 1 saturated heterocycles. The van der Waals surface area contributed by atoms with Gasteiger partial charge in [-0.3, -0.25) is 4.79 Å². The normalized spacial score (nSPS) is 24.6. The van der Waals surface area contributed by atoms with Crippen molar-refractivity contribution in [2.24, 2.45) is 26.8 Å². The van der Waals surface area contributed by atoms with Gasteiger partial charge in [-0.25, -0.2) is 19.8 Å². The summed E-state index contributed by atoms with van der Waals surface area (Å²) in [5.74, 6) is -1.16. The van der Waals surface area contributed by atoms with E-state index in [2.05, 4.69) is 19.2 Å². The molecule has 1 aliphatic carbocycles. The van der Waals surface area contributed by atoms with Crippen molar-refractivity contribution in [2.75, 3.05) is 7.11 Å². The van der Waals surface area contributed by atoms with Gasteiger partial charge in [-0.2, -0.15) is 0 Å². The van der Waals surface area contributed by atoms with Crippen molar-refractivity contribution in [1.29, 1.82) is 0 Å². The fraction of sp³-hybridized carbons (Fsp3) is 0.364. The number of aliphatic imine (C=N–C) groups is 3. The first-order valence-electron chi connectivity index (χ1n) is 14.3. The van der Waals surface area contributed by atoms with Crippen molar-refractivity contribution in [2.45, 2.75) is 60.3 Å². The molecule has 6 rings (SSSR count). The number of esters is 1. The fourth-order valence-electron chi connectivity index (χ4n) is 6.75. The van der Waals surface area contributed by atoms with Crippen LogP contribution in [0.5, 0.6) is 0 Å². The number of aliphatic hydroxyl groups excluding tert-OH is 1. The number of aliphatic carboxylic acids is 1. The number of carbonyl (C=O) groups excluding carboxylic acids is 1. The molecule has 3 N–H and O–H groups in total. The van der Waals surface area contributed by atoms with Gasteiger partial charge in [0.2, 0.25) is 0 Å². The van der Waals surface area contributed by atoms with E-state index in [1.165, 1.54) is 7.11 Å². The van der Waals surface area contributed by atoms with Crippen molar-refractivity contribution in [1.82, 2.24) is 5.32 Å². The summed E-state index contributed by atoms with van der Waals surface area (Å²) < 4.78 is 4.93. The van der Waals surface area contributed by atoms with Gasteiger partial charge in [-0.15, -0.1) is 0 Å². The molecule has 0 aromatic rings. The Hall–Kier alpha value is -4.53. The summed E-state index contributed by atoms with van der Waals surface area (Å²) >= 11 is 0. The number of hydrogen-bond acceptors (Lipinski definition) is 8. The number of carbonyl (C=O) groups is 2. The molecule has 42 heavy (non-hydrogen) atoms. The molecule has 0 aromatic heterocycles. The first kappa shape index (κ1) is 27.6. The zero-order valence-corrected chi connectivity index (χ0v) is 24.7. The first-order chi connectivity index (χ1) is 20.0. The van der Waals surface area contributed by atoms with Crippen molar-refractivity contribution in [3.8, 4) is 0 Å². The highest BCUT2D eigenvalue weighted by Gasteiger charge is 2.41. The van der Waals surface area contributed by atoms with Gasteiger partial charge in [-0.05, 0) is 74.1 Å². The van der Waals surface area contributed by atoms with E-state index in [0.717, 1.165) is 62.8 Å². The van der Waals surface area contributed by atoms with Crippen LogP contribution in [-0.2, 0) is 14.3 Å². The van der Waals surface area contributed by atoms with Crippen LogP contribution in [0.4, 0.5) is 0 Å². The molecule has 1 fully saturated rings. The summed E-state index contributed by atoms with van der Waals surface area (Å²) in [5.41, 5.74) is 10.9. The predicted octanol–water partition coefficient (Wildman–Crippen LogP) is 5.70. The SMILES string of the molecule is CCC1=C(C)C2=NC1=CC1=C(C)C3=C(O)CC(=C4NC(=CC5=NC(=C2)C(C(=O)O)=C5C)[C@@H](C)C4CCC(=O)OC)C3=N1. The third-order valence-corrected chi connectivity index (χ3v) is 9.15. The zero-order chi connectivity index (χ0) is 30.0. The molecule has 0 radical (unpaired) electrons. The highest BCUT2D eigenvalue weighted by Crippen LogP contribution is 2.46. The second-order valence-electron chi connectivity index (χ2n) is 11.4. The summed E-state index contributed by atoms with van der Waals surface area (Å²) in [6.07, 6.45) is 7.48. The van der Waals surface area contributed by atoms with Crippen LogP contribution in [0.2, 0.25) is 0 Å². The van der Waals surface area contributed by atoms with E-state index in [4.69, 9.17) is 19.7 Å². The molecular formula is C33H34N4O5. The second kappa shape index (κ2) is 10.1. The third kappa shape index (κ3) is 4.18. The zero-order valence-electron chi connectivity index (χ0n) is 24.7. The van der Waals surface area contributed by atoms with Gasteiger partial charge in [0.05, 0.1) is 46.9 Å². The predicted molar refractivity (Wildman–Crippen MR) is 161 cm³/mol. The van der Waals surface area contributed by atoms with Crippen LogP contribution in [0.25, 0.3) is 0 Å². The van der Waals surface area contributed by atoms with E-state index >= 15 is 0 Å². The Labute approximate surface area is 244 Å². The van der Waals surface area contributed by atoms with Gasteiger partial charge >= 0.3 is 11.9 Å². The molecule has 6 aliphatic rings. The Morgan fingerprint density at radius 1 is 1.02 bits per heavy atom.